The van der Waals surface area contributed by atoms with Crippen LogP contribution in [0.3, 0.4) is 0 Å². The van der Waals surface area contributed by atoms with E-state index >= 15 is 0 Å². The van der Waals surface area contributed by atoms with Crippen LogP contribution in [0.25, 0.3) is 0 Å². The molecule has 1 fully saturated rings. The molecule has 14 heavy (non-hydrogen) atoms. The molecule has 3 nitrogen and oxygen atoms in total. The van der Waals surface area contributed by atoms with E-state index in [2.05, 4.69) is 10.2 Å². The first-order valence-corrected chi connectivity index (χ1v) is 5.47. The summed E-state index contributed by atoms with van der Waals surface area (Å²) in [5.74, 6) is 0.863. The Morgan fingerprint density at radius 2 is 2.21 bits per heavy atom. The van der Waals surface area contributed by atoms with E-state index in [-0.39, 0.29) is 0 Å². The van der Waals surface area contributed by atoms with Gasteiger partial charge in [0, 0.05) is 39.1 Å². The lowest BCUT2D eigenvalue weighted by atomic mass is 9.93. The standard InChI is InChI=1S/C11H18N2O/c14-11-3-1-2-10(8-11)9-13-6-4-12-5-7-13/h1,3,10,12H,2,4-9H2. The SMILES string of the molecule is O=C1C=CCC(CN2CCNCC2)C1. The number of rotatable bonds is 2. The zero-order chi connectivity index (χ0) is 9.80. The third kappa shape index (κ3) is 2.66. The van der Waals surface area contributed by atoms with Gasteiger partial charge in [-0.25, -0.2) is 0 Å². The van der Waals surface area contributed by atoms with Gasteiger partial charge in [-0.1, -0.05) is 6.08 Å². The molecule has 2 aliphatic rings. The number of allylic oxidation sites excluding steroid dienone is 2. The van der Waals surface area contributed by atoms with Crippen LogP contribution in [0.5, 0.6) is 0 Å². The summed E-state index contributed by atoms with van der Waals surface area (Å²) in [6, 6.07) is 0. The molecular weight excluding hydrogens is 176 g/mol. The molecule has 0 aromatic heterocycles. The summed E-state index contributed by atoms with van der Waals surface area (Å²) in [5.41, 5.74) is 0. The van der Waals surface area contributed by atoms with Crippen molar-refractivity contribution in [2.45, 2.75) is 12.8 Å². The maximum Gasteiger partial charge on any atom is 0.155 e. The molecule has 0 saturated carbocycles. The fraction of sp³-hybridized carbons (Fsp3) is 0.727. The second-order valence-electron chi connectivity index (χ2n) is 4.23. The van der Waals surface area contributed by atoms with E-state index in [1.807, 2.05) is 6.08 Å². The lowest BCUT2D eigenvalue weighted by Crippen LogP contribution is -2.45. The van der Waals surface area contributed by atoms with Crippen LogP contribution in [0, 0.1) is 5.92 Å². The minimum atomic E-state index is 0.302. The van der Waals surface area contributed by atoms with Gasteiger partial charge in [0.2, 0.25) is 0 Å². The maximum atomic E-state index is 11.2. The Morgan fingerprint density at radius 3 is 2.93 bits per heavy atom. The number of nitrogens with zero attached hydrogens (tertiary/aromatic N) is 1. The fourth-order valence-corrected chi connectivity index (χ4v) is 2.23. The van der Waals surface area contributed by atoms with Gasteiger partial charge in [0.1, 0.15) is 0 Å². The number of nitrogens with one attached hydrogen (secondary N) is 1. The summed E-state index contributed by atoms with van der Waals surface area (Å²) in [5, 5.41) is 3.34. The normalized spacial score (nSPS) is 29.4. The Morgan fingerprint density at radius 1 is 1.43 bits per heavy atom. The number of ketones is 1. The van der Waals surface area contributed by atoms with Crippen LogP contribution in [-0.2, 0) is 4.79 Å². The van der Waals surface area contributed by atoms with E-state index in [4.69, 9.17) is 0 Å². The van der Waals surface area contributed by atoms with Crippen LogP contribution in [0.1, 0.15) is 12.8 Å². The van der Waals surface area contributed by atoms with Gasteiger partial charge in [0.15, 0.2) is 5.78 Å². The molecule has 1 unspecified atom stereocenters. The van der Waals surface area contributed by atoms with Crippen molar-refractivity contribution in [2.24, 2.45) is 5.92 Å². The van der Waals surface area contributed by atoms with Crippen molar-refractivity contribution in [1.82, 2.24) is 10.2 Å². The molecule has 0 spiro atoms. The monoisotopic (exact) mass is 194 g/mol. The molecule has 3 heteroatoms. The second kappa shape index (κ2) is 4.71. The van der Waals surface area contributed by atoms with Crippen LogP contribution in [0.4, 0.5) is 0 Å². The van der Waals surface area contributed by atoms with Gasteiger partial charge < -0.3 is 10.2 Å². The third-order valence-electron chi connectivity index (χ3n) is 2.99. The van der Waals surface area contributed by atoms with Crippen molar-refractivity contribution < 1.29 is 4.79 Å². The highest BCUT2D eigenvalue weighted by molar-refractivity contribution is 5.90. The van der Waals surface area contributed by atoms with Crippen LogP contribution in [0.2, 0.25) is 0 Å². The van der Waals surface area contributed by atoms with Gasteiger partial charge in [-0.3, -0.25) is 4.79 Å². The molecule has 1 heterocycles. The smallest absolute Gasteiger partial charge is 0.155 e. The predicted octanol–water partition coefficient (Wildman–Crippen LogP) is 0.427. The fourth-order valence-electron chi connectivity index (χ4n) is 2.23. The van der Waals surface area contributed by atoms with Crippen molar-refractivity contribution in [3.8, 4) is 0 Å². The lowest BCUT2D eigenvalue weighted by Gasteiger charge is -2.31. The van der Waals surface area contributed by atoms with E-state index in [9.17, 15) is 4.79 Å². The quantitative estimate of drug-likeness (QED) is 0.692. The Balaban J connectivity index is 1.79. The Labute approximate surface area is 85.2 Å². The van der Waals surface area contributed by atoms with Gasteiger partial charge in [-0.05, 0) is 18.4 Å². The van der Waals surface area contributed by atoms with Gasteiger partial charge in [0.25, 0.3) is 0 Å². The molecular formula is C11H18N2O. The highest BCUT2D eigenvalue weighted by Crippen LogP contribution is 2.17. The zero-order valence-corrected chi connectivity index (χ0v) is 8.54. The highest BCUT2D eigenvalue weighted by Gasteiger charge is 2.19. The van der Waals surface area contributed by atoms with Gasteiger partial charge in [-0.15, -0.1) is 0 Å². The van der Waals surface area contributed by atoms with Gasteiger partial charge in [-0.2, -0.15) is 0 Å². The van der Waals surface area contributed by atoms with Crippen molar-refractivity contribution in [2.75, 3.05) is 32.7 Å². The summed E-state index contributed by atoms with van der Waals surface area (Å²) in [7, 11) is 0. The molecule has 2 rings (SSSR count). The van der Waals surface area contributed by atoms with E-state index in [0.717, 1.165) is 45.6 Å². The molecule has 1 saturated heterocycles. The van der Waals surface area contributed by atoms with Gasteiger partial charge in [0.05, 0.1) is 0 Å². The largest absolute Gasteiger partial charge is 0.314 e. The average molecular weight is 194 g/mol. The van der Waals surface area contributed by atoms with Crippen LogP contribution < -0.4 is 5.32 Å². The molecule has 1 atom stereocenters. The number of carbonyl (C=O) groups excluding carboxylic acids is 1. The number of hydrogen-bond donors (Lipinski definition) is 1. The highest BCUT2D eigenvalue weighted by atomic mass is 16.1. The molecule has 1 N–H and O–H groups in total. The first kappa shape index (κ1) is 9.87. The average Bonchev–Trinajstić information content (AvgIpc) is 2.19. The number of hydrogen-bond acceptors (Lipinski definition) is 3. The second-order valence-corrected chi connectivity index (χ2v) is 4.23. The van der Waals surface area contributed by atoms with E-state index < -0.39 is 0 Å². The molecule has 1 aliphatic heterocycles. The molecule has 0 aromatic carbocycles. The van der Waals surface area contributed by atoms with Crippen LogP contribution in [0.15, 0.2) is 12.2 Å². The first-order valence-electron chi connectivity index (χ1n) is 5.47. The van der Waals surface area contributed by atoms with Crippen molar-refractivity contribution >= 4 is 5.78 Å². The molecule has 78 valence electrons. The van der Waals surface area contributed by atoms with E-state index in [1.54, 1.807) is 6.08 Å². The molecule has 1 aliphatic carbocycles. The Kier molecular flexibility index (Phi) is 3.32. The van der Waals surface area contributed by atoms with Crippen molar-refractivity contribution in [3.05, 3.63) is 12.2 Å². The summed E-state index contributed by atoms with van der Waals surface area (Å²) >= 11 is 0. The Bertz CT molecular complexity index is 231. The van der Waals surface area contributed by atoms with E-state index in [1.165, 1.54) is 0 Å². The summed E-state index contributed by atoms with van der Waals surface area (Å²) < 4.78 is 0. The topological polar surface area (TPSA) is 32.3 Å². The third-order valence-corrected chi connectivity index (χ3v) is 2.99. The number of piperazine rings is 1. The predicted molar refractivity (Wildman–Crippen MR) is 56.2 cm³/mol. The minimum Gasteiger partial charge on any atom is -0.314 e. The summed E-state index contributed by atoms with van der Waals surface area (Å²) in [6.45, 7) is 5.55. The lowest BCUT2D eigenvalue weighted by molar-refractivity contribution is -0.116. The van der Waals surface area contributed by atoms with Crippen molar-refractivity contribution in [3.63, 3.8) is 0 Å². The molecule has 0 aromatic rings. The molecule has 0 amide bonds. The van der Waals surface area contributed by atoms with Gasteiger partial charge >= 0.3 is 0 Å². The van der Waals surface area contributed by atoms with Crippen LogP contribution >= 0.6 is 0 Å². The molecule has 0 radical (unpaired) electrons. The zero-order valence-electron chi connectivity index (χ0n) is 8.54. The summed E-state index contributed by atoms with van der Waals surface area (Å²) in [6.07, 6.45) is 5.59. The first-order chi connectivity index (χ1) is 6.84. The summed E-state index contributed by atoms with van der Waals surface area (Å²) in [4.78, 5) is 13.7. The number of carbonyl (C=O) groups is 1. The minimum absolute atomic E-state index is 0.302. The van der Waals surface area contributed by atoms with Crippen LogP contribution in [-0.4, -0.2) is 43.4 Å². The van der Waals surface area contributed by atoms with Crippen molar-refractivity contribution in [1.29, 1.82) is 0 Å². The maximum absolute atomic E-state index is 11.2. The molecule has 0 bridgehead atoms. The van der Waals surface area contributed by atoms with E-state index in [0.29, 0.717) is 11.7 Å². The Hall–Kier alpha value is -0.670.